The van der Waals surface area contributed by atoms with Crippen molar-refractivity contribution in [2.45, 2.75) is 133 Å². The third-order valence-corrected chi connectivity index (χ3v) is 28.9. The van der Waals surface area contributed by atoms with Gasteiger partial charge in [-0.1, -0.05) is 161 Å². The van der Waals surface area contributed by atoms with Crippen molar-refractivity contribution in [3.63, 3.8) is 0 Å². The molecule has 2 fully saturated rings. The Labute approximate surface area is 807 Å². The molecule has 12 heterocycles. The number of methoxy groups -OCH3 is 3. The predicted molar refractivity (Wildman–Crippen MR) is 534 cm³/mol. The van der Waals surface area contributed by atoms with Crippen molar-refractivity contribution in [2.24, 2.45) is 0 Å². The first-order valence-electron chi connectivity index (χ1n) is 44.7. The molecule has 0 spiro atoms. The number of aliphatic hydroxyl groups excluding tert-OH is 1. The molecule has 9 aromatic carbocycles. The van der Waals surface area contributed by atoms with Crippen molar-refractivity contribution in [2.75, 3.05) is 72.6 Å². The van der Waals surface area contributed by atoms with E-state index in [1.807, 2.05) is 103 Å². The Bertz CT molecular complexity index is 6690. The highest BCUT2D eigenvalue weighted by Gasteiger charge is 2.40. The Balaban J connectivity index is 0.000000112. The molecule has 15 aromatic rings. The lowest BCUT2D eigenvalue weighted by atomic mass is 9.89. The zero-order valence-corrected chi connectivity index (χ0v) is 81.4. The summed E-state index contributed by atoms with van der Waals surface area (Å²) >= 11 is 21.8. The number of H-pyrrole nitrogens is 5. The number of thiazole rings is 1. The van der Waals surface area contributed by atoms with Gasteiger partial charge in [-0.3, -0.25) is 30.3 Å². The van der Waals surface area contributed by atoms with Gasteiger partial charge in [-0.15, -0.1) is 11.3 Å². The molecule has 12 N–H and O–H groups in total. The average molecular weight is 2070 g/mol. The van der Waals surface area contributed by atoms with Crippen LogP contribution in [0.4, 0.5) is 9.93 Å². The Morgan fingerprint density at radius 2 is 0.962 bits per heavy atom. The minimum absolute atomic E-state index is 0.0806. The SMILES string of the molecule is CCOC(=O)N1Cc2c([nH]c3ccc(Br)cc23)C(O)C1.COc1ccc(C2NC(C(=O)N3CCOCC3)Cc3c2[nH]c2ccc(Br)cc32)cc1.COc1ccc(C2NC(C(=O)NC3CCCCC3)Cc3c2[nH]c2ccc(Br)cc32)cc1.COc1ccc(C2NC(C(=O)Nc3ncc(C)s3)Cc3c2[nH]c2ccc(Br)cc32)cc1.Clc1ccc2[nH]c3c(c2c1)CNCC3c1ccccc1. The van der Waals surface area contributed by atoms with Gasteiger partial charge in [0.2, 0.25) is 17.7 Å². The molecule has 0 radical (unpaired) electrons. The zero-order valence-electron chi connectivity index (χ0n) is 73.5. The topological polar surface area (TPSA) is 305 Å². The summed E-state index contributed by atoms with van der Waals surface area (Å²) in [5.74, 6) is 3.00. The number of benzene rings is 9. The van der Waals surface area contributed by atoms with Gasteiger partial charge in [-0.25, -0.2) is 9.78 Å². The Hall–Kier alpha value is -10.6. The molecule has 1 saturated carbocycles. The van der Waals surface area contributed by atoms with Crippen LogP contribution in [-0.2, 0) is 56.2 Å². The molecule has 30 heteroatoms. The van der Waals surface area contributed by atoms with Gasteiger partial charge in [0.15, 0.2) is 5.13 Å². The molecule has 132 heavy (non-hydrogen) atoms. The number of ether oxygens (including phenoxy) is 5. The number of aromatic amines is 5. The molecule has 1 saturated heterocycles. The average Bonchev–Trinajstić information content (AvgIpc) is 1.59. The summed E-state index contributed by atoms with van der Waals surface area (Å²) in [6.45, 7) is 9.15. The normalized spacial score (nSPS) is 19.7. The number of amides is 4. The minimum atomic E-state index is -0.714. The number of aromatic nitrogens is 6. The van der Waals surface area contributed by atoms with E-state index in [1.165, 1.54) is 85.1 Å². The molecule has 6 aliphatic heterocycles. The minimum Gasteiger partial charge on any atom is -0.497 e. The molecular formula is C102H103Br4ClN14O10S. The summed E-state index contributed by atoms with van der Waals surface area (Å²) in [6.07, 6.45) is 8.47. The number of aliphatic hydroxyl groups is 1. The maximum absolute atomic E-state index is 13.3. The Morgan fingerprint density at radius 1 is 0.515 bits per heavy atom. The molecule has 1 aliphatic carbocycles. The van der Waals surface area contributed by atoms with E-state index in [1.54, 1.807) is 34.4 Å². The van der Waals surface area contributed by atoms with Gasteiger partial charge in [-0.05, 0) is 218 Å². The van der Waals surface area contributed by atoms with Gasteiger partial charge < -0.3 is 79.5 Å². The highest BCUT2D eigenvalue weighted by atomic mass is 79.9. The first kappa shape index (κ1) is 91.8. The van der Waals surface area contributed by atoms with Crippen LogP contribution < -0.4 is 46.1 Å². The fourth-order valence-electron chi connectivity index (χ4n) is 19.3. The van der Waals surface area contributed by atoms with Gasteiger partial charge >= 0.3 is 6.09 Å². The van der Waals surface area contributed by atoms with E-state index in [4.69, 9.17) is 35.3 Å². The molecule has 0 bridgehead atoms. The number of halogens is 5. The molecule has 8 atom stereocenters. The van der Waals surface area contributed by atoms with Crippen molar-refractivity contribution >= 4 is 170 Å². The first-order chi connectivity index (χ1) is 64.2. The van der Waals surface area contributed by atoms with Crippen molar-refractivity contribution < 1.29 is 48.0 Å². The summed E-state index contributed by atoms with van der Waals surface area (Å²) < 4.78 is 30.5. The van der Waals surface area contributed by atoms with E-state index in [0.717, 1.165) is 154 Å². The summed E-state index contributed by atoms with van der Waals surface area (Å²) in [4.78, 5) is 78.0. The van der Waals surface area contributed by atoms with Crippen molar-refractivity contribution in [3.8, 4) is 17.2 Å². The molecule has 4 amide bonds. The molecule has 682 valence electrons. The zero-order chi connectivity index (χ0) is 91.4. The Morgan fingerprint density at radius 3 is 1.44 bits per heavy atom. The third-order valence-electron chi connectivity index (χ3n) is 25.9. The van der Waals surface area contributed by atoms with Crippen LogP contribution in [0, 0.1) is 6.92 Å². The highest BCUT2D eigenvalue weighted by Crippen LogP contribution is 2.44. The van der Waals surface area contributed by atoms with Crippen LogP contribution in [0.2, 0.25) is 5.02 Å². The standard InChI is InChI=1S/C25H28BrN3O2.C23H21BrN4O2S.C23H24BrN3O3.C17H15ClN2.C14H15BrN2O3/c1-31-18-10-7-15(8-11-18)23-24-20(19-13-16(26)9-12-21(19)28-24)14-22(29-23)25(30)27-17-5-3-2-4-6-17;1-12-11-25-23(31-12)28-22(29)19-10-17-16-9-14(24)5-8-18(16)26-21(17)20(27-19)13-3-6-15(30-2)7-4-13;1-29-16-5-2-14(3-6-16)21-22-18(17-12-15(24)4-7-19(17)25-22)13-20(26-21)23(28)27-8-10-30-11-9-27;18-12-6-7-16-13(8-12)15-10-19-9-14(17(15)20-16)11-4-2-1-3-5-11;1-2-20-14(19)17-6-10-9-5-8(15)3-4-11(9)16-13(10)12(18)7-17/h7-13,17,22-23,28-29H,2-6,14H2,1H3,(H,27,30);3-9,11,19-20,26-27H,10H2,1-2H3,(H,25,28,29);2-7,12,20-21,25-26H,8-11,13H2,1H3;1-8,14,19-20H,9-10H2;3-5,12,16,18H,2,6-7H2,1H3. The second-order valence-electron chi connectivity index (χ2n) is 34.2. The van der Waals surface area contributed by atoms with Crippen LogP contribution in [0.5, 0.6) is 17.2 Å². The van der Waals surface area contributed by atoms with Gasteiger partial charge in [0.1, 0.15) is 23.4 Å². The van der Waals surface area contributed by atoms with Gasteiger partial charge in [0, 0.05) is 155 Å². The van der Waals surface area contributed by atoms with Gasteiger partial charge in [0.05, 0.1) is 96.2 Å². The van der Waals surface area contributed by atoms with Crippen LogP contribution >= 0.6 is 86.7 Å². The van der Waals surface area contributed by atoms with Crippen molar-refractivity contribution in [1.29, 1.82) is 0 Å². The van der Waals surface area contributed by atoms with Crippen LogP contribution in [0.25, 0.3) is 54.5 Å². The number of anilines is 1. The van der Waals surface area contributed by atoms with Crippen LogP contribution in [0.3, 0.4) is 0 Å². The Kier molecular flexibility index (Phi) is 28.6. The van der Waals surface area contributed by atoms with Crippen molar-refractivity contribution in [3.05, 3.63) is 307 Å². The molecule has 7 aliphatic rings. The van der Waals surface area contributed by atoms with Crippen LogP contribution in [-0.4, -0.2) is 160 Å². The monoisotopic (exact) mass is 2070 g/mol. The summed E-state index contributed by atoms with van der Waals surface area (Å²) in [5, 5.41) is 38.0. The lowest BCUT2D eigenvalue weighted by Gasteiger charge is -2.35. The summed E-state index contributed by atoms with van der Waals surface area (Å²) in [5.41, 5.74) is 21.4. The first-order valence-corrected chi connectivity index (χ1v) is 49.0. The van der Waals surface area contributed by atoms with Gasteiger partial charge in [0.25, 0.3) is 0 Å². The summed E-state index contributed by atoms with van der Waals surface area (Å²) in [7, 11) is 4.99. The molecule has 22 rings (SSSR count). The number of β-amino-alcohol motifs (C(OH)–C–C–N with tert-alkyl or cyclic N) is 1. The van der Waals surface area contributed by atoms with Crippen molar-refractivity contribution in [1.82, 2.24) is 66.3 Å². The smallest absolute Gasteiger partial charge is 0.410 e. The number of rotatable bonds is 13. The lowest BCUT2D eigenvalue weighted by Crippen LogP contribution is -2.53. The largest absolute Gasteiger partial charge is 0.497 e. The highest BCUT2D eigenvalue weighted by molar-refractivity contribution is 9.11. The third kappa shape index (κ3) is 20.1. The van der Waals surface area contributed by atoms with Crippen LogP contribution in [0.15, 0.2) is 218 Å². The maximum atomic E-state index is 13.3. The van der Waals surface area contributed by atoms with E-state index >= 15 is 0 Å². The summed E-state index contributed by atoms with van der Waals surface area (Å²) in [6, 6.07) is 64.5. The fraction of sp³-hybridized carbons (Fsp3) is 0.304. The van der Waals surface area contributed by atoms with Crippen LogP contribution in [0.1, 0.15) is 153 Å². The maximum Gasteiger partial charge on any atom is 0.410 e. The second kappa shape index (κ2) is 41.1. The van der Waals surface area contributed by atoms with E-state index in [-0.39, 0.29) is 66.6 Å². The number of hydrogen-bond donors (Lipinski definition) is 12. The van der Waals surface area contributed by atoms with E-state index in [0.29, 0.717) is 75.8 Å². The number of nitrogens with zero attached hydrogens (tertiary/aromatic N) is 3. The molecule has 8 unspecified atom stereocenters. The second-order valence-corrected chi connectivity index (χ2v) is 39.5. The number of nitrogens with one attached hydrogen (secondary N) is 11. The quantitative estimate of drug-likeness (QED) is 0.0511. The number of morpholine rings is 1. The molecule has 6 aromatic heterocycles. The lowest BCUT2D eigenvalue weighted by molar-refractivity contribution is -0.137. The van der Waals surface area contributed by atoms with Gasteiger partial charge in [-0.2, -0.15) is 0 Å². The number of carbonyl (C=O) groups is 4. The molecular weight excluding hydrogens is 1970 g/mol. The number of carbonyl (C=O) groups excluding carboxylic acids is 4. The number of fused-ring (bicyclic) bond motifs is 15. The fourth-order valence-corrected chi connectivity index (χ4v) is 21.6. The predicted octanol–water partition coefficient (Wildman–Crippen LogP) is 20.3. The number of hydrogen-bond acceptors (Lipinski definition) is 16. The number of aryl methyl sites for hydroxylation is 1. The van der Waals surface area contributed by atoms with E-state index < -0.39 is 6.10 Å². The molecule has 24 nitrogen and oxygen atoms in total. The van der Waals surface area contributed by atoms with E-state index in [9.17, 15) is 24.3 Å². The van der Waals surface area contributed by atoms with E-state index in [2.05, 4.69) is 229 Å².